The van der Waals surface area contributed by atoms with Gasteiger partial charge in [-0.2, -0.15) is 0 Å². The van der Waals surface area contributed by atoms with Gasteiger partial charge in [-0.3, -0.25) is 0 Å². The van der Waals surface area contributed by atoms with Gasteiger partial charge in [-0.05, 0) is 62.7 Å². The third-order valence-corrected chi connectivity index (χ3v) is 8.50. The molecule has 0 atom stereocenters. The molecule has 0 amide bonds. The molecule has 36 heavy (non-hydrogen) atoms. The molecular formula is C35H29N. The molecule has 4 aromatic carbocycles. The Kier molecular flexibility index (Phi) is 4.31. The summed E-state index contributed by atoms with van der Waals surface area (Å²) in [6.07, 6.45) is 0. The Balaban J connectivity index is 1.37. The average molecular weight is 464 g/mol. The van der Waals surface area contributed by atoms with Gasteiger partial charge in [-0.1, -0.05) is 113 Å². The second kappa shape index (κ2) is 7.27. The molecule has 1 aromatic heterocycles. The van der Waals surface area contributed by atoms with Crippen molar-refractivity contribution in [1.82, 2.24) is 4.98 Å². The Labute approximate surface area is 213 Å². The molecule has 174 valence electrons. The van der Waals surface area contributed by atoms with E-state index in [4.69, 9.17) is 4.98 Å². The molecule has 0 aliphatic heterocycles. The summed E-state index contributed by atoms with van der Waals surface area (Å²) in [6.45, 7) is 9.30. The molecule has 1 heterocycles. The molecule has 0 N–H and O–H groups in total. The molecule has 0 fully saturated rings. The maximum absolute atomic E-state index is 5.32. The van der Waals surface area contributed by atoms with Gasteiger partial charge in [0.2, 0.25) is 0 Å². The largest absolute Gasteiger partial charge is 0.247 e. The van der Waals surface area contributed by atoms with Gasteiger partial charge >= 0.3 is 0 Å². The van der Waals surface area contributed by atoms with Crippen molar-refractivity contribution >= 4 is 0 Å². The molecule has 0 unspecified atom stereocenters. The Bertz CT molecular complexity index is 1670. The molecule has 1 heteroatoms. The van der Waals surface area contributed by atoms with E-state index in [0.29, 0.717) is 0 Å². The number of aromatic nitrogens is 1. The predicted octanol–water partition coefficient (Wildman–Crippen LogP) is 9.03. The summed E-state index contributed by atoms with van der Waals surface area (Å²) < 4.78 is 0. The maximum atomic E-state index is 5.32. The first kappa shape index (κ1) is 21.3. The van der Waals surface area contributed by atoms with Crippen LogP contribution in [0.4, 0.5) is 0 Å². The minimum absolute atomic E-state index is 0.0160. The van der Waals surface area contributed by atoms with Crippen LogP contribution in [-0.2, 0) is 10.8 Å². The zero-order chi connectivity index (χ0) is 24.7. The van der Waals surface area contributed by atoms with Gasteiger partial charge in [-0.25, -0.2) is 4.98 Å². The van der Waals surface area contributed by atoms with Crippen LogP contribution in [0.3, 0.4) is 0 Å². The standard InChI is InChI=1S/C35H29N/c1-34(2)29-17-15-23(22-10-6-5-7-11-22)20-27(29)33-30(34)18-19-32(36-33)24-14-16-26-25-12-8-9-13-28(25)35(3,4)31(26)21-24/h5-21H,1-4H3. The van der Waals surface area contributed by atoms with Crippen molar-refractivity contribution in [2.24, 2.45) is 0 Å². The topological polar surface area (TPSA) is 12.9 Å². The Hall–Kier alpha value is -3.97. The normalized spacial score (nSPS) is 15.7. The van der Waals surface area contributed by atoms with Crippen LogP contribution in [0, 0.1) is 0 Å². The summed E-state index contributed by atoms with van der Waals surface area (Å²) in [7, 11) is 0. The number of nitrogens with zero attached hydrogens (tertiary/aromatic N) is 1. The summed E-state index contributed by atoms with van der Waals surface area (Å²) in [6, 6.07) is 37.7. The Morgan fingerprint density at radius 3 is 1.92 bits per heavy atom. The highest BCUT2D eigenvalue weighted by molar-refractivity contribution is 5.86. The van der Waals surface area contributed by atoms with Gasteiger partial charge < -0.3 is 0 Å². The molecule has 0 saturated carbocycles. The van der Waals surface area contributed by atoms with Crippen molar-refractivity contribution in [3.8, 4) is 44.8 Å². The van der Waals surface area contributed by atoms with Crippen LogP contribution in [0.15, 0.2) is 103 Å². The first-order chi connectivity index (χ1) is 17.4. The number of hydrogen-bond donors (Lipinski definition) is 0. The van der Waals surface area contributed by atoms with Crippen LogP contribution in [0.5, 0.6) is 0 Å². The highest BCUT2D eigenvalue weighted by Crippen LogP contribution is 2.51. The summed E-state index contributed by atoms with van der Waals surface area (Å²) in [5, 5.41) is 0. The quantitative estimate of drug-likeness (QED) is 0.254. The van der Waals surface area contributed by atoms with E-state index in [-0.39, 0.29) is 10.8 Å². The van der Waals surface area contributed by atoms with Crippen LogP contribution >= 0.6 is 0 Å². The van der Waals surface area contributed by atoms with Crippen LogP contribution in [0.2, 0.25) is 0 Å². The summed E-state index contributed by atoms with van der Waals surface area (Å²) in [5.41, 5.74) is 15.2. The third kappa shape index (κ3) is 2.86. The second-order valence-corrected chi connectivity index (χ2v) is 11.3. The summed E-state index contributed by atoms with van der Waals surface area (Å²) >= 11 is 0. The monoisotopic (exact) mass is 463 g/mol. The van der Waals surface area contributed by atoms with E-state index >= 15 is 0 Å². The minimum atomic E-state index is -0.0625. The van der Waals surface area contributed by atoms with E-state index in [0.717, 1.165) is 11.4 Å². The Morgan fingerprint density at radius 1 is 0.444 bits per heavy atom. The number of fused-ring (bicyclic) bond motifs is 6. The molecule has 7 rings (SSSR count). The maximum Gasteiger partial charge on any atom is 0.0753 e. The van der Waals surface area contributed by atoms with Gasteiger partial charge in [0.15, 0.2) is 0 Å². The van der Waals surface area contributed by atoms with Crippen molar-refractivity contribution in [3.63, 3.8) is 0 Å². The van der Waals surface area contributed by atoms with Crippen LogP contribution in [0.25, 0.3) is 44.8 Å². The highest BCUT2D eigenvalue weighted by atomic mass is 14.7. The minimum Gasteiger partial charge on any atom is -0.247 e. The van der Waals surface area contributed by atoms with E-state index in [9.17, 15) is 0 Å². The van der Waals surface area contributed by atoms with Crippen LogP contribution < -0.4 is 0 Å². The fourth-order valence-corrected chi connectivity index (χ4v) is 6.43. The van der Waals surface area contributed by atoms with Gasteiger partial charge in [0.25, 0.3) is 0 Å². The van der Waals surface area contributed by atoms with Crippen molar-refractivity contribution in [2.45, 2.75) is 38.5 Å². The van der Waals surface area contributed by atoms with Crippen molar-refractivity contribution in [1.29, 1.82) is 0 Å². The lowest BCUT2D eigenvalue weighted by molar-refractivity contribution is 0.659. The summed E-state index contributed by atoms with van der Waals surface area (Å²) in [5.74, 6) is 0. The first-order valence-electron chi connectivity index (χ1n) is 12.8. The van der Waals surface area contributed by atoms with Crippen LogP contribution in [0.1, 0.15) is 49.9 Å². The zero-order valence-corrected chi connectivity index (χ0v) is 21.3. The molecule has 0 saturated heterocycles. The molecule has 0 bridgehead atoms. The first-order valence-corrected chi connectivity index (χ1v) is 12.8. The van der Waals surface area contributed by atoms with Gasteiger partial charge in [0, 0.05) is 22.0 Å². The Morgan fingerprint density at radius 2 is 1.08 bits per heavy atom. The fourth-order valence-electron chi connectivity index (χ4n) is 6.43. The number of hydrogen-bond acceptors (Lipinski definition) is 1. The number of pyridine rings is 1. The molecule has 2 aliphatic rings. The zero-order valence-electron chi connectivity index (χ0n) is 21.3. The number of rotatable bonds is 2. The number of benzene rings is 4. The van der Waals surface area contributed by atoms with E-state index in [1.165, 1.54) is 55.6 Å². The average Bonchev–Trinajstić information content (AvgIpc) is 3.28. The molecule has 5 aromatic rings. The summed E-state index contributed by atoms with van der Waals surface area (Å²) in [4.78, 5) is 5.32. The lowest BCUT2D eigenvalue weighted by Crippen LogP contribution is -2.15. The van der Waals surface area contributed by atoms with E-state index in [1.807, 2.05) is 0 Å². The third-order valence-electron chi connectivity index (χ3n) is 8.50. The molecule has 2 aliphatic carbocycles. The van der Waals surface area contributed by atoms with Crippen LogP contribution in [-0.4, -0.2) is 4.98 Å². The van der Waals surface area contributed by atoms with Gasteiger partial charge in [0.05, 0.1) is 11.4 Å². The smallest absolute Gasteiger partial charge is 0.0753 e. The lowest BCUT2D eigenvalue weighted by atomic mass is 9.81. The lowest BCUT2D eigenvalue weighted by Gasteiger charge is -2.22. The van der Waals surface area contributed by atoms with E-state index < -0.39 is 0 Å². The molecule has 1 nitrogen and oxygen atoms in total. The van der Waals surface area contributed by atoms with E-state index in [1.54, 1.807) is 0 Å². The molecule has 0 radical (unpaired) electrons. The van der Waals surface area contributed by atoms with Gasteiger partial charge in [-0.15, -0.1) is 0 Å². The SMILES string of the molecule is CC1(C)c2ccccc2-c2ccc(-c3ccc4c(n3)-c3cc(-c5ccccc5)ccc3C4(C)C)cc21. The van der Waals surface area contributed by atoms with Crippen molar-refractivity contribution in [3.05, 3.63) is 125 Å². The van der Waals surface area contributed by atoms with Gasteiger partial charge in [0.1, 0.15) is 0 Å². The second-order valence-electron chi connectivity index (χ2n) is 11.3. The predicted molar refractivity (Wildman–Crippen MR) is 150 cm³/mol. The fraction of sp³-hybridized carbons (Fsp3) is 0.171. The molecule has 0 spiro atoms. The highest BCUT2D eigenvalue weighted by Gasteiger charge is 2.38. The van der Waals surface area contributed by atoms with Crippen molar-refractivity contribution in [2.75, 3.05) is 0 Å². The van der Waals surface area contributed by atoms with Crippen molar-refractivity contribution < 1.29 is 0 Å². The van der Waals surface area contributed by atoms with E-state index in [2.05, 4.69) is 131 Å². The molecular weight excluding hydrogens is 434 g/mol.